The van der Waals surface area contributed by atoms with E-state index in [0.717, 1.165) is 11.1 Å². The molecule has 3 rings (SSSR count). The first-order valence-electron chi connectivity index (χ1n) is 7.63. The number of benzene rings is 1. The largest absolute Gasteiger partial charge is 0.434 e. The third kappa shape index (κ3) is 3.28. The number of rotatable bonds is 4. The van der Waals surface area contributed by atoms with E-state index in [2.05, 4.69) is 9.97 Å². The van der Waals surface area contributed by atoms with Crippen LogP contribution in [-0.2, 0) is 4.74 Å². The summed E-state index contributed by atoms with van der Waals surface area (Å²) in [6.07, 6.45) is 1.29. The number of hydrogen-bond donors (Lipinski definition) is 0. The second kappa shape index (κ2) is 6.79. The zero-order valence-corrected chi connectivity index (χ0v) is 13.6. The molecule has 2 aromatic rings. The lowest BCUT2D eigenvalue weighted by Gasteiger charge is -2.27. The fourth-order valence-corrected chi connectivity index (χ4v) is 2.48. The van der Waals surface area contributed by atoms with E-state index in [-0.39, 0.29) is 17.4 Å². The van der Waals surface area contributed by atoms with Crippen LogP contribution in [0.15, 0.2) is 24.5 Å². The van der Waals surface area contributed by atoms with Gasteiger partial charge in [-0.3, -0.25) is 10.1 Å². The zero-order valence-electron chi connectivity index (χ0n) is 13.6. The average molecular weight is 330 g/mol. The molecule has 0 N–H and O–H groups in total. The Kier molecular flexibility index (Phi) is 4.57. The van der Waals surface area contributed by atoms with Crippen molar-refractivity contribution in [1.82, 2.24) is 9.97 Å². The van der Waals surface area contributed by atoms with E-state index in [0.29, 0.717) is 32.1 Å². The first-order chi connectivity index (χ1) is 11.6. The molecule has 0 spiro atoms. The van der Waals surface area contributed by atoms with Gasteiger partial charge in [0.1, 0.15) is 12.1 Å². The fraction of sp³-hybridized carbons (Fsp3) is 0.375. The molecule has 0 bridgehead atoms. The van der Waals surface area contributed by atoms with Crippen molar-refractivity contribution in [3.05, 3.63) is 45.8 Å². The van der Waals surface area contributed by atoms with E-state index in [9.17, 15) is 10.1 Å². The van der Waals surface area contributed by atoms with Crippen LogP contribution >= 0.6 is 0 Å². The van der Waals surface area contributed by atoms with Crippen LogP contribution in [-0.4, -0.2) is 41.2 Å². The van der Waals surface area contributed by atoms with Crippen LogP contribution in [0.4, 0.5) is 11.5 Å². The molecule has 1 aliphatic rings. The Morgan fingerprint density at radius 1 is 1.21 bits per heavy atom. The lowest BCUT2D eigenvalue weighted by Crippen LogP contribution is -2.37. The van der Waals surface area contributed by atoms with Gasteiger partial charge in [0, 0.05) is 13.1 Å². The third-order valence-corrected chi connectivity index (χ3v) is 3.96. The average Bonchev–Trinajstić information content (AvgIpc) is 2.58. The molecule has 8 nitrogen and oxygen atoms in total. The first-order valence-corrected chi connectivity index (χ1v) is 7.63. The maximum atomic E-state index is 11.6. The van der Waals surface area contributed by atoms with Crippen LogP contribution in [0.5, 0.6) is 11.6 Å². The molecule has 1 aromatic carbocycles. The molecule has 1 aromatic heterocycles. The summed E-state index contributed by atoms with van der Waals surface area (Å²) >= 11 is 0. The van der Waals surface area contributed by atoms with Gasteiger partial charge in [-0.2, -0.15) is 4.98 Å². The highest BCUT2D eigenvalue weighted by Crippen LogP contribution is 2.36. The van der Waals surface area contributed by atoms with Crippen LogP contribution in [0.3, 0.4) is 0 Å². The maximum absolute atomic E-state index is 11.6. The van der Waals surface area contributed by atoms with Gasteiger partial charge in [-0.1, -0.05) is 6.07 Å². The van der Waals surface area contributed by atoms with Gasteiger partial charge >= 0.3 is 11.6 Å². The summed E-state index contributed by atoms with van der Waals surface area (Å²) < 4.78 is 11.0. The van der Waals surface area contributed by atoms with Crippen LogP contribution in [0.1, 0.15) is 11.1 Å². The second-order valence-corrected chi connectivity index (χ2v) is 5.56. The van der Waals surface area contributed by atoms with E-state index in [1.54, 1.807) is 6.07 Å². The van der Waals surface area contributed by atoms with Crippen molar-refractivity contribution in [2.45, 2.75) is 13.8 Å². The Bertz CT molecular complexity index is 760. The highest BCUT2D eigenvalue weighted by molar-refractivity contribution is 5.63. The highest BCUT2D eigenvalue weighted by Gasteiger charge is 2.29. The molecule has 1 aliphatic heterocycles. The molecule has 0 unspecified atom stereocenters. The predicted molar refractivity (Wildman–Crippen MR) is 87.7 cm³/mol. The van der Waals surface area contributed by atoms with E-state index >= 15 is 0 Å². The molecule has 0 saturated carbocycles. The van der Waals surface area contributed by atoms with E-state index in [1.807, 2.05) is 30.9 Å². The number of ether oxygens (including phenoxy) is 2. The molecular formula is C16H18N4O4. The van der Waals surface area contributed by atoms with Crippen LogP contribution in [0.2, 0.25) is 0 Å². The van der Waals surface area contributed by atoms with Gasteiger partial charge < -0.3 is 14.4 Å². The summed E-state index contributed by atoms with van der Waals surface area (Å²) in [5.74, 6) is 0.713. The molecule has 126 valence electrons. The van der Waals surface area contributed by atoms with E-state index in [4.69, 9.17) is 9.47 Å². The summed E-state index contributed by atoms with van der Waals surface area (Å²) in [6.45, 7) is 6.05. The Hall–Kier alpha value is -2.74. The number of anilines is 1. The first kappa shape index (κ1) is 16.1. The summed E-state index contributed by atoms with van der Waals surface area (Å²) in [4.78, 5) is 21.0. The lowest BCUT2D eigenvalue weighted by atomic mass is 10.1. The molecule has 0 aliphatic carbocycles. The minimum atomic E-state index is -0.499. The van der Waals surface area contributed by atoms with Gasteiger partial charge in [-0.15, -0.1) is 0 Å². The molecule has 1 saturated heterocycles. The summed E-state index contributed by atoms with van der Waals surface area (Å²) in [5.41, 5.74) is 1.93. The van der Waals surface area contributed by atoms with E-state index < -0.39 is 4.92 Å². The molecule has 8 heteroatoms. The number of nitro groups is 1. The monoisotopic (exact) mass is 330 g/mol. The van der Waals surface area contributed by atoms with Crippen molar-refractivity contribution in [2.75, 3.05) is 31.2 Å². The van der Waals surface area contributed by atoms with Crippen molar-refractivity contribution in [2.24, 2.45) is 0 Å². The summed E-state index contributed by atoms with van der Waals surface area (Å²) in [5, 5.41) is 11.6. The van der Waals surface area contributed by atoms with Crippen LogP contribution in [0.25, 0.3) is 0 Å². The highest BCUT2D eigenvalue weighted by atomic mass is 16.6. The number of morpholine rings is 1. The Labute approximate surface area is 139 Å². The normalized spacial score (nSPS) is 14.5. The molecule has 0 atom stereocenters. The fourth-order valence-electron chi connectivity index (χ4n) is 2.48. The standard InChI is InChI=1S/C16H18N4O4/c1-11-3-4-13(9-12(11)2)24-16-14(20(21)22)15(17-10-18-16)19-5-7-23-8-6-19/h3-4,9-10H,5-8H2,1-2H3. The summed E-state index contributed by atoms with van der Waals surface area (Å²) in [7, 11) is 0. The van der Waals surface area contributed by atoms with Gasteiger partial charge in [-0.25, -0.2) is 4.98 Å². The minimum absolute atomic E-state index is 0.0558. The van der Waals surface area contributed by atoms with Crippen molar-refractivity contribution in [3.63, 3.8) is 0 Å². The molecule has 2 heterocycles. The van der Waals surface area contributed by atoms with Gasteiger partial charge in [0.2, 0.25) is 5.82 Å². The zero-order chi connectivity index (χ0) is 17.1. The van der Waals surface area contributed by atoms with Gasteiger partial charge in [-0.05, 0) is 37.1 Å². The SMILES string of the molecule is Cc1ccc(Oc2ncnc(N3CCOCC3)c2[N+](=O)[O-])cc1C. The van der Waals surface area contributed by atoms with Crippen molar-refractivity contribution in [1.29, 1.82) is 0 Å². The Morgan fingerprint density at radius 3 is 2.62 bits per heavy atom. The van der Waals surface area contributed by atoms with Crippen molar-refractivity contribution in [3.8, 4) is 11.6 Å². The lowest BCUT2D eigenvalue weighted by molar-refractivity contribution is -0.385. The third-order valence-electron chi connectivity index (χ3n) is 3.96. The number of aromatic nitrogens is 2. The molecule has 24 heavy (non-hydrogen) atoms. The molecular weight excluding hydrogens is 312 g/mol. The van der Waals surface area contributed by atoms with E-state index in [1.165, 1.54) is 6.33 Å². The van der Waals surface area contributed by atoms with Crippen LogP contribution in [0, 0.1) is 24.0 Å². The van der Waals surface area contributed by atoms with Gasteiger partial charge in [0.05, 0.1) is 18.1 Å². The number of aryl methyl sites for hydroxylation is 2. The maximum Gasteiger partial charge on any atom is 0.373 e. The van der Waals surface area contributed by atoms with Crippen molar-refractivity contribution >= 4 is 11.5 Å². The van der Waals surface area contributed by atoms with Gasteiger partial charge in [0.15, 0.2) is 0 Å². The second-order valence-electron chi connectivity index (χ2n) is 5.56. The minimum Gasteiger partial charge on any atom is -0.434 e. The molecule has 0 amide bonds. The Balaban J connectivity index is 1.97. The number of nitrogens with zero attached hydrogens (tertiary/aromatic N) is 4. The smallest absolute Gasteiger partial charge is 0.373 e. The van der Waals surface area contributed by atoms with Gasteiger partial charge in [0.25, 0.3) is 0 Å². The topological polar surface area (TPSA) is 90.6 Å². The summed E-state index contributed by atoms with van der Waals surface area (Å²) in [6, 6.07) is 5.50. The quantitative estimate of drug-likeness (QED) is 0.628. The predicted octanol–water partition coefficient (Wildman–Crippen LogP) is 2.63. The molecule has 0 radical (unpaired) electrons. The number of hydrogen-bond acceptors (Lipinski definition) is 7. The Morgan fingerprint density at radius 2 is 1.96 bits per heavy atom. The van der Waals surface area contributed by atoms with Crippen LogP contribution < -0.4 is 9.64 Å². The van der Waals surface area contributed by atoms with Crippen molar-refractivity contribution < 1.29 is 14.4 Å². The molecule has 1 fully saturated rings.